The van der Waals surface area contributed by atoms with Crippen molar-refractivity contribution in [1.29, 1.82) is 0 Å². The third-order valence-corrected chi connectivity index (χ3v) is 6.92. The van der Waals surface area contributed by atoms with Crippen LogP contribution in [0.3, 0.4) is 0 Å². The standard InChI is InChI=1S/C22H23N3O2S/c1-15-19(24-20(23-15)16-5-3-2-4-6-16)21(26)25-11-9-22(10-12-25)17-8-14-28-18(17)7-13-27-22/h2-6,8,14H,7,9-13H2,1H3,(H,23,24). The molecule has 1 spiro atoms. The molecule has 0 radical (unpaired) electrons. The highest BCUT2D eigenvalue weighted by atomic mass is 32.1. The molecule has 1 saturated heterocycles. The van der Waals surface area contributed by atoms with Crippen LogP contribution in [0, 0.1) is 6.92 Å². The van der Waals surface area contributed by atoms with Gasteiger partial charge in [0.1, 0.15) is 11.5 Å². The number of benzene rings is 1. The lowest BCUT2D eigenvalue weighted by Crippen LogP contribution is -2.48. The number of likely N-dealkylation sites (tertiary alicyclic amines) is 1. The Balaban J connectivity index is 1.34. The van der Waals surface area contributed by atoms with Gasteiger partial charge >= 0.3 is 0 Å². The van der Waals surface area contributed by atoms with Gasteiger partial charge in [0.2, 0.25) is 0 Å². The maximum Gasteiger partial charge on any atom is 0.274 e. The first-order chi connectivity index (χ1) is 13.7. The topological polar surface area (TPSA) is 58.2 Å². The molecule has 5 rings (SSSR count). The molecule has 1 amide bonds. The molecule has 3 aromatic rings. The number of aromatic amines is 1. The van der Waals surface area contributed by atoms with Crippen LogP contribution in [0.1, 0.15) is 39.5 Å². The zero-order valence-corrected chi connectivity index (χ0v) is 16.7. The number of thiophene rings is 1. The van der Waals surface area contributed by atoms with E-state index in [0.717, 1.165) is 43.0 Å². The first-order valence-corrected chi connectivity index (χ1v) is 10.7. The molecule has 5 nitrogen and oxygen atoms in total. The minimum absolute atomic E-state index is 0.00660. The fraction of sp³-hybridized carbons (Fsp3) is 0.364. The van der Waals surface area contributed by atoms with Crippen LogP contribution in [-0.4, -0.2) is 40.5 Å². The maximum atomic E-state index is 13.1. The van der Waals surface area contributed by atoms with Crippen molar-refractivity contribution in [1.82, 2.24) is 14.9 Å². The zero-order valence-electron chi connectivity index (χ0n) is 15.9. The number of aromatic nitrogens is 2. The van der Waals surface area contributed by atoms with Gasteiger partial charge in [0, 0.05) is 35.6 Å². The van der Waals surface area contributed by atoms with E-state index in [1.165, 1.54) is 10.4 Å². The van der Waals surface area contributed by atoms with E-state index in [4.69, 9.17) is 4.74 Å². The lowest BCUT2D eigenvalue weighted by atomic mass is 9.82. The predicted octanol–water partition coefficient (Wildman–Crippen LogP) is 4.15. The number of aryl methyl sites for hydroxylation is 1. The second kappa shape index (κ2) is 6.87. The molecule has 0 atom stereocenters. The summed E-state index contributed by atoms with van der Waals surface area (Å²) in [5, 5.41) is 2.16. The number of carbonyl (C=O) groups excluding carboxylic acids is 1. The molecule has 144 valence electrons. The number of hydrogen-bond donors (Lipinski definition) is 1. The van der Waals surface area contributed by atoms with E-state index < -0.39 is 0 Å². The molecule has 0 aliphatic carbocycles. The largest absolute Gasteiger partial charge is 0.370 e. The highest BCUT2D eigenvalue weighted by molar-refractivity contribution is 7.10. The van der Waals surface area contributed by atoms with Crippen molar-refractivity contribution in [2.45, 2.75) is 31.8 Å². The Morgan fingerprint density at radius 3 is 2.79 bits per heavy atom. The summed E-state index contributed by atoms with van der Waals surface area (Å²) in [6.07, 6.45) is 2.70. The summed E-state index contributed by atoms with van der Waals surface area (Å²) in [5.41, 5.74) is 3.47. The van der Waals surface area contributed by atoms with Gasteiger partial charge in [-0.1, -0.05) is 30.3 Å². The summed E-state index contributed by atoms with van der Waals surface area (Å²) in [7, 11) is 0. The van der Waals surface area contributed by atoms with Crippen LogP contribution >= 0.6 is 11.3 Å². The lowest BCUT2D eigenvalue weighted by molar-refractivity contribution is -0.0926. The number of piperidine rings is 1. The van der Waals surface area contributed by atoms with E-state index in [1.54, 1.807) is 0 Å². The van der Waals surface area contributed by atoms with Gasteiger partial charge < -0.3 is 14.6 Å². The quantitative estimate of drug-likeness (QED) is 0.712. The number of nitrogens with one attached hydrogen (secondary N) is 1. The third kappa shape index (κ3) is 2.88. The Bertz CT molecular complexity index is 1000. The monoisotopic (exact) mass is 393 g/mol. The fourth-order valence-electron chi connectivity index (χ4n) is 4.39. The Hall–Kier alpha value is -2.44. The molecule has 0 saturated carbocycles. The number of carbonyl (C=O) groups is 1. The number of H-pyrrole nitrogens is 1. The molecule has 0 bridgehead atoms. The van der Waals surface area contributed by atoms with Gasteiger partial charge in [0.05, 0.1) is 12.2 Å². The van der Waals surface area contributed by atoms with Crippen molar-refractivity contribution in [3.63, 3.8) is 0 Å². The molecular formula is C22H23N3O2S. The van der Waals surface area contributed by atoms with Gasteiger partial charge in [-0.05, 0) is 36.8 Å². The van der Waals surface area contributed by atoms with Crippen LogP contribution in [-0.2, 0) is 16.8 Å². The van der Waals surface area contributed by atoms with Crippen molar-refractivity contribution >= 4 is 17.2 Å². The van der Waals surface area contributed by atoms with Crippen molar-refractivity contribution < 1.29 is 9.53 Å². The van der Waals surface area contributed by atoms with E-state index in [-0.39, 0.29) is 11.5 Å². The smallest absolute Gasteiger partial charge is 0.274 e. The van der Waals surface area contributed by atoms with E-state index in [9.17, 15) is 4.79 Å². The zero-order chi connectivity index (χ0) is 19.1. The molecule has 1 aromatic carbocycles. The summed E-state index contributed by atoms with van der Waals surface area (Å²) in [5.74, 6) is 0.751. The number of amides is 1. The highest BCUT2D eigenvalue weighted by Gasteiger charge is 2.42. The summed E-state index contributed by atoms with van der Waals surface area (Å²) >= 11 is 1.82. The second-order valence-corrected chi connectivity index (χ2v) is 8.57. The van der Waals surface area contributed by atoms with Crippen LogP contribution in [0.5, 0.6) is 0 Å². The molecule has 2 aromatic heterocycles. The van der Waals surface area contributed by atoms with Crippen molar-refractivity contribution in [3.8, 4) is 11.4 Å². The van der Waals surface area contributed by atoms with Crippen LogP contribution in [0.25, 0.3) is 11.4 Å². The normalized spacial score (nSPS) is 18.2. The Morgan fingerprint density at radius 1 is 1.21 bits per heavy atom. The number of fused-ring (bicyclic) bond motifs is 2. The number of rotatable bonds is 2. The van der Waals surface area contributed by atoms with Gasteiger partial charge in [-0.25, -0.2) is 4.98 Å². The summed E-state index contributed by atoms with van der Waals surface area (Å²) in [6, 6.07) is 12.1. The average Bonchev–Trinajstić information content (AvgIpc) is 3.37. The Kier molecular flexibility index (Phi) is 4.33. The van der Waals surface area contributed by atoms with E-state index in [0.29, 0.717) is 18.8 Å². The summed E-state index contributed by atoms with van der Waals surface area (Å²) in [6.45, 7) is 4.09. The van der Waals surface area contributed by atoms with Crippen molar-refractivity contribution in [2.75, 3.05) is 19.7 Å². The molecule has 1 N–H and O–H groups in total. The Labute approximate surface area is 168 Å². The molecule has 4 heterocycles. The number of nitrogens with zero attached hydrogens (tertiary/aromatic N) is 2. The van der Waals surface area contributed by atoms with Gasteiger partial charge in [0.25, 0.3) is 5.91 Å². The number of ether oxygens (including phenoxy) is 1. The molecule has 6 heteroatoms. The second-order valence-electron chi connectivity index (χ2n) is 7.57. The first kappa shape index (κ1) is 17.6. The average molecular weight is 394 g/mol. The molecule has 28 heavy (non-hydrogen) atoms. The van der Waals surface area contributed by atoms with Crippen molar-refractivity contribution in [2.24, 2.45) is 0 Å². The molecule has 1 fully saturated rings. The number of imidazole rings is 1. The van der Waals surface area contributed by atoms with Crippen LogP contribution in [0.4, 0.5) is 0 Å². The predicted molar refractivity (Wildman–Crippen MR) is 110 cm³/mol. The maximum absolute atomic E-state index is 13.1. The van der Waals surface area contributed by atoms with Crippen LogP contribution in [0.15, 0.2) is 41.8 Å². The van der Waals surface area contributed by atoms with Crippen LogP contribution < -0.4 is 0 Å². The van der Waals surface area contributed by atoms with Gasteiger partial charge in [-0.15, -0.1) is 11.3 Å². The number of hydrogen-bond acceptors (Lipinski definition) is 4. The minimum Gasteiger partial charge on any atom is -0.370 e. The lowest BCUT2D eigenvalue weighted by Gasteiger charge is -2.44. The Morgan fingerprint density at radius 2 is 2.00 bits per heavy atom. The fourth-order valence-corrected chi connectivity index (χ4v) is 5.34. The molecular weight excluding hydrogens is 370 g/mol. The highest BCUT2D eigenvalue weighted by Crippen LogP contribution is 2.43. The van der Waals surface area contributed by atoms with Crippen LogP contribution in [0.2, 0.25) is 0 Å². The molecule has 2 aliphatic heterocycles. The third-order valence-electron chi connectivity index (χ3n) is 5.94. The SMILES string of the molecule is Cc1[nH]c(-c2ccccc2)nc1C(=O)N1CCC2(CC1)OCCc1sccc12. The minimum atomic E-state index is -0.208. The summed E-state index contributed by atoms with van der Waals surface area (Å²) < 4.78 is 6.26. The summed E-state index contributed by atoms with van der Waals surface area (Å²) in [4.78, 5) is 24.4. The van der Waals surface area contributed by atoms with Gasteiger partial charge in [-0.3, -0.25) is 4.79 Å². The van der Waals surface area contributed by atoms with Gasteiger partial charge in [-0.2, -0.15) is 0 Å². The van der Waals surface area contributed by atoms with E-state index in [1.807, 2.05) is 53.5 Å². The molecule has 2 aliphatic rings. The first-order valence-electron chi connectivity index (χ1n) is 9.78. The molecule has 0 unspecified atom stereocenters. The van der Waals surface area contributed by atoms with Crippen molar-refractivity contribution in [3.05, 3.63) is 63.6 Å². The van der Waals surface area contributed by atoms with E-state index in [2.05, 4.69) is 21.4 Å². The van der Waals surface area contributed by atoms with Gasteiger partial charge in [0.15, 0.2) is 0 Å². The van der Waals surface area contributed by atoms with E-state index >= 15 is 0 Å².